The first-order valence-corrected chi connectivity index (χ1v) is 7.19. The van der Waals surface area contributed by atoms with E-state index in [4.69, 9.17) is 0 Å². The average Bonchev–Trinajstić information content (AvgIpc) is 2.88. The molecule has 0 aromatic rings. The van der Waals surface area contributed by atoms with Gasteiger partial charge in [0.1, 0.15) is 0 Å². The van der Waals surface area contributed by atoms with Gasteiger partial charge in [0.2, 0.25) is 5.91 Å². The minimum Gasteiger partial charge on any atom is -0.334 e. The van der Waals surface area contributed by atoms with Crippen LogP contribution in [0.2, 0.25) is 0 Å². The largest absolute Gasteiger partial charge is 0.334 e. The van der Waals surface area contributed by atoms with Crippen LogP contribution < -0.4 is 16.0 Å². The van der Waals surface area contributed by atoms with Gasteiger partial charge in [-0.05, 0) is 33.2 Å². The van der Waals surface area contributed by atoms with Crippen LogP contribution in [0.1, 0.15) is 26.7 Å². The summed E-state index contributed by atoms with van der Waals surface area (Å²) >= 11 is 0. The Morgan fingerprint density at radius 3 is 2.80 bits per heavy atom. The molecule has 114 valence electrons. The SMILES string of the molecule is C=CCNC(=O)NC(=O)CN(CC1CCCN1)C(C)C. The third-order valence-corrected chi connectivity index (χ3v) is 3.35. The topological polar surface area (TPSA) is 73.5 Å². The van der Waals surface area contributed by atoms with Crippen LogP contribution in [0.15, 0.2) is 12.7 Å². The van der Waals surface area contributed by atoms with Crippen molar-refractivity contribution in [2.24, 2.45) is 0 Å². The van der Waals surface area contributed by atoms with E-state index in [1.54, 1.807) is 6.08 Å². The molecule has 0 saturated carbocycles. The first-order chi connectivity index (χ1) is 9.52. The number of carbonyl (C=O) groups is 2. The summed E-state index contributed by atoms with van der Waals surface area (Å²) in [6.45, 7) is 10.1. The molecule has 1 atom stereocenters. The number of imide groups is 1. The molecular formula is C14H26N4O2. The lowest BCUT2D eigenvalue weighted by Crippen LogP contribution is -2.49. The van der Waals surface area contributed by atoms with Crippen molar-refractivity contribution in [1.29, 1.82) is 0 Å². The summed E-state index contributed by atoms with van der Waals surface area (Å²) < 4.78 is 0. The molecule has 1 rings (SSSR count). The Morgan fingerprint density at radius 1 is 1.50 bits per heavy atom. The van der Waals surface area contributed by atoms with Gasteiger partial charge >= 0.3 is 6.03 Å². The zero-order chi connectivity index (χ0) is 15.0. The first kappa shape index (κ1) is 16.7. The smallest absolute Gasteiger partial charge is 0.321 e. The minimum absolute atomic E-state index is 0.233. The molecule has 0 aromatic carbocycles. The number of rotatable bonds is 7. The van der Waals surface area contributed by atoms with Gasteiger partial charge in [-0.15, -0.1) is 6.58 Å². The number of nitrogens with one attached hydrogen (secondary N) is 3. The lowest BCUT2D eigenvalue weighted by Gasteiger charge is -2.28. The molecule has 6 nitrogen and oxygen atoms in total. The maximum absolute atomic E-state index is 11.8. The number of hydrogen-bond acceptors (Lipinski definition) is 4. The normalized spacial score (nSPS) is 18.3. The van der Waals surface area contributed by atoms with E-state index in [9.17, 15) is 9.59 Å². The van der Waals surface area contributed by atoms with Gasteiger partial charge in [0.25, 0.3) is 0 Å². The van der Waals surface area contributed by atoms with Gasteiger partial charge in [0, 0.05) is 25.2 Å². The van der Waals surface area contributed by atoms with Crippen LogP contribution >= 0.6 is 0 Å². The number of carbonyl (C=O) groups excluding carboxylic acids is 2. The van der Waals surface area contributed by atoms with Crippen molar-refractivity contribution in [3.63, 3.8) is 0 Å². The van der Waals surface area contributed by atoms with E-state index in [0.717, 1.165) is 19.5 Å². The van der Waals surface area contributed by atoms with Crippen LogP contribution in [0.4, 0.5) is 4.79 Å². The van der Waals surface area contributed by atoms with Crippen LogP contribution in [0, 0.1) is 0 Å². The van der Waals surface area contributed by atoms with E-state index < -0.39 is 6.03 Å². The number of hydrogen-bond donors (Lipinski definition) is 3. The maximum atomic E-state index is 11.8. The van der Waals surface area contributed by atoms with Crippen molar-refractivity contribution in [2.75, 3.05) is 26.2 Å². The van der Waals surface area contributed by atoms with Gasteiger partial charge in [-0.25, -0.2) is 4.79 Å². The highest BCUT2D eigenvalue weighted by molar-refractivity contribution is 5.95. The second-order valence-electron chi connectivity index (χ2n) is 5.36. The molecule has 1 aliphatic rings. The highest BCUT2D eigenvalue weighted by Crippen LogP contribution is 2.09. The fourth-order valence-corrected chi connectivity index (χ4v) is 2.21. The molecule has 1 unspecified atom stereocenters. The van der Waals surface area contributed by atoms with Crippen LogP contribution in [0.3, 0.4) is 0 Å². The molecule has 1 aliphatic heterocycles. The summed E-state index contributed by atoms with van der Waals surface area (Å²) in [7, 11) is 0. The van der Waals surface area contributed by atoms with Crippen LogP contribution in [0.5, 0.6) is 0 Å². The first-order valence-electron chi connectivity index (χ1n) is 7.19. The number of urea groups is 1. The second-order valence-corrected chi connectivity index (χ2v) is 5.36. The summed E-state index contributed by atoms with van der Waals surface area (Å²) in [6.07, 6.45) is 3.90. The minimum atomic E-state index is -0.474. The zero-order valence-electron chi connectivity index (χ0n) is 12.4. The quantitative estimate of drug-likeness (QED) is 0.593. The maximum Gasteiger partial charge on any atom is 0.321 e. The summed E-state index contributed by atoms with van der Waals surface area (Å²) in [6, 6.07) is 0.233. The summed E-state index contributed by atoms with van der Waals surface area (Å²) in [4.78, 5) is 25.3. The standard InChI is InChI=1S/C14H26N4O2/c1-4-7-16-14(20)17-13(19)10-18(11(2)3)9-12-6-5-8-15-12/h4,11-12,15H,1,5-10H2,2-3H3,(H2,16,17,19,20). The van der Waals surface area contributed by atoms with E-state index in [-0.39, 0.29) is 18.5 Å². The molecule has 0 radical (unpaired) electrons. The highest BCUT2D eigenvalue weighted by atomic mass is 16.2. The van der Waals surface area contributed by atoms with Gasteiger partial charge in [0.15, 0.2) is 0 Å². The molecule has 1 fully saturated rings. The van der Waals surface area contributed by atoms with Gasteiger partial charge in [-0.1, -0.05) is 6.08 Å². The Bertz CT molecular complexity index is 338. The molecular weight excluding hydrogens is 256 g/mol. The molecule has 0 spiro atoms. The summed E-state index contributed by atoms with van der Waals surface area (Å²) in [5.74, 6) is -0.279. The Hall–Kier alpha value is -1.40. The van der Waals surface area contributed by atoms with E-state index >= 15 is 0 Å². The molecule has 1 heterocycles. The summed E-state index contributed by atoms with van der Waals surface area (Å²) in [5.41, 5.74) is 0. The molecule has 3 N–H and O–H groups in total. The fraction of sp³-hybridized carbons (Fsp3) is 0.714. The highest BCUT2D eigenvalue weighted by Gasteiger charge is 2.21. The van der Waals surface area contributed by atoms with Crippen molar-refractivity contribution >= 4 is 11.9 Å². The van der Waals surface area contributed by atoms with Crippen molar-refractivity contribution < 1.29 is 9.59 Å². The van der Waals surface area contributed by atoms with Crippen molar-refractivity contribution in [3.05, 3.63) is 12.7 Å². The molecule has 0 aromatic heterocycles. The van der Waals surface area contributed by atoms with Gasteiger partial charge < -0.3 is 10.6 Å². The van der Waals surface area contributed by atoms with Crippen molar-refractivity contribution in [3.8, 4) is 0 Å². The zero-order valence-corrected chi connectivity index (χ0v) is 12.4. The Labute approximate surface area is 121 Å². The third kappa shape index (κ3) is 6.16. The molecule has 0 aliphatic carbocycles. The van der Waals surface area contributed by atoms with Gasteiger partial charge in [0.05, 0.1) is 6.54 Å². The second kappa shape index (κ2) is 8.71. The fourth-order valence-electron chi connectivity index (χ4n) is 2.21. The predicted molar refractivity (Wildman–Crippen MR) is 79.5 cm³/mol. The molecule has 0 bridgehead atoms. The predicted octanol–water partition coefficient (Wildman–Crippen LogP) is 0.461. The van der Waals surface area contributed by atoms with E-state index in [1.165, 1.54) is 6.42 Å². The Balaban J connectivity index is 2.37. The lowest BCUT2D eigenvalue weighted by molar-refractivity contribution is -0.121. The Morgan fingerprint density at radius 2 is 2.25 bits per heavy atom. The lowest BCUT2D eigenvalue weighted by atomic mass is 10.2. The molecule has 1 saturated heterocycles. The van der Waals surface area contributed by atoms with Crippen LogP contribution in [-0.2, 0) is 4.79 Å². The monoisotopic (exact) mass is 282 g/mol. The molecule has 6 heteroatoms. The van der Waals surface area contributed by atoms with Gasteiger partial charge in [-0.2, -0.15) is 0 Å². The van der Waals surface area contributed by atoms with E-state index in [2.05, 4.69) is 41.3 Å². The van der Waals surface area contributed by atoms with E-state index in [1.807, 2.05) is 0 Å². The Kier molecular flexibility index (Phi) is 7.25. The molecule has 3 amide bonds. The number of amides is 3. The van der Waals surface area contributed by atoms with Crippen molar-refractivity contribution in [2.45, 2.75) is 38.8 Å². The third-order valence-electron chi connectivity index (χ3n) is 3.35. The van der Waals surface area contributed by atoms with Crippen LogP contribution in [0.25, 0.3) is 0 Å². The van der Waals surface area contributed by atoms with Crippen molar-refractivity contribution in [1.82, 2.24) is 20.9 Å². The van der Waals surface area contributed by atoms with E-state index in [0.29, 0.717) is 12.6 Å². The molecule has 20 heavy (non-hydrogen) atoms. The summed E-state index contributed by atoms with van der Waals surface area (Å²) in [5, 5.41) is 8.27. The average molecular weight is 282 g/mol. The number of nitrogens with zero attached hydrogens (tertiary/aromatic N) is 1. The van der Waals surface area contributed by atoms with Gasteiger partial charge in [-0.3, -0.25) is 15.0 Å². The van der Waals surface area contributed by atoms with Crippen LogP contribution in [-0.4, -0.2) is 55.1 Å².